The topological polar surface area (TPSA) is 59.9 Å². The van der Waals surface area contributed by atoms with Crippen molar-refractivity contribution in [3.05, 3.63) is 43.8 Å². The molecular formula is C21H35N7. The van der Waals surface area contributed by atoms with Gasteiger partial charge in [0.05, 0.1) is 0 Å². The molecule has 1 aromatic heterocycles. The van der Waals surface area contributed by atoms with Crippen LogP contribution < -0.4 is 10.2 Å². The van der Waals surface area contributed by atoms with Gasteiger partial charge in [0.1, 0.15) is 0 Å². The third-order valence-electron chi connectivity index (χ3n) is 5.06. The van der Waals surface area contributed by atoms with Gasteiger partial charge >= 0.3 is 0 Å². The quantitative estimate of drug-likeness (QED) is 0.398. The van der Waals surface area contributed by atoms with E-state index in [1.165, 1.54) is 0 Å². The van der Waals surface area contributed by atoms with E-state index in [1.54, 1.807) is 12.4 Å². The molecule has 1 saturated heterocycles. The third kappa shape index (κ3) is 6.05. The zero-order chi connectivity index (χ0) is 20.4. The second kappa shape index (κ2) is 11.4. The average Bonchev–Trinajstić information content (AvgIpc) is 2.72. The Kier molecular flexibility index (Phi) is 8.94. The van der Waals surface area contributed by atoms with Crippen molar-refractivity contribution < 1.29 is 0 Å². The summed E-state index contributed by atoms with van der Waals surface area (Å²) in [4.78, 5) is 20.1. The largest absolute Gasteiger partial charge is 0.355 e. The van der Waals surface area contributed by atoms with E-state index in [2.05, 4.69) is 62.0 Å². The molecule has 154 valence electrons. The summed E-state index contributed by atoms with van der Waals surface area (Å²) in [5, 5.41) is 3.59. The smallest absolute Gasteiger partial charge is 0.225 e. The molecule has 2 heterocycles. The number of rotatable bonds is 9. The van der Waals surface area contributed by atoms with Gasteiger partial charge in [0.2, 0.25) is 5.95 Å². The van der Waals surface area contributed by atoms with Crippen LogP contribution in [0, 0.1) is 5.92 Å². The van der Waals surface area contributed by atoms with E-state index in [0.717, 1.165) is 57.7 Å². The number of guanidine groups is 1. The van der Waals surface area contributed by atoms with Gasteiger partial charge in [-0.1, -0.05) is 26.0 Å². The van der Waals surface area contributed by atoms with Crippen LogP contribution in [0.3, 0.4) is 0 Å². The lowest BCUT2D eigenvalue weighted by molar-refractivity contribution is 0.188. The summed E-state index contributed by atoms with van der Waals surface area (Å²) in [6, 6.07) is 2.23. The first-order valence-corrected chi connectivity index (χ1v) is 10.0. The third-order valence-corrected chi connectivity index (χ3v) is 5.06. The Morgan fingerprint density at radius 2 is 1.79 bits per heavy atom. The molecule has 28 heavy (non-hydrogen) atoms. The second-order valence-electron chi connectivity index (χ2n) is 7.29. The molecule has 0 amide bonds. The van der Waals surface area contributed by atoms with Crippen LogP contribution in [0.2, 0.25) is 0 Å². The fraction of sp³-hybridized carbons (Fsp3) is 0.571. The van der Waals surface area contributed by atoms with Gasteiger partial charge < -0.3 is 15.1 Å². The van der Waals surface area contributed by atoms with E-state index in [9.17, 15) is 0 Å². The van der Waals surface area contributed by atoms with E-state index in [-0.39, 0.29) is 0 Å². The van der Waals surface area contributed by atoms with Gasteiger partial charge in [0.25, 0.3) is 0 Å². The van der Waals surface area contributed by atoms with Crippen LogP contribution in [0.25, 0.3) is 0 Å². The molecule has 7 heteroatoms. The van der Waals surface area contributed by atoms with Crippen molar-refractivity contribution in [2.75, 3.05) is 57.8 Å². The number of hydrogen-bond donors (Lipinski definition) is 1. The van der Waals surface area contributed by atoms with Crippen LogP contribution in [-0.2, 0) is 0 Å². The summed E-state index contributed by atoms with van der Waals surface area (Å²) in [5.74, 6) is 2.27. The number of hydrogen-bond acceptors (Lipinski definition) is 5. The highest BCUT2D eigenvalue weighted by Crippen LogP contribution is 2.12. The van der Waals surface area contributed by atoms with Gasteiger partial charge in [-0.25, -0.2) is 9.97 Å². The van der Waals surface area contributed by atoms with Gasteiger partial charge in [-0.3, -0.25) is 9.89 Å². The van der Waals surface area contributed by atoms with Gasteiger partial charge in [-0.05, 0) is 12.0 Å². The van der Waals surface area contributed by atoms with Crippen molar-refractivity contribution in [3.63, 3.8) is 0 Å². The maximum atomic E-state index is 4.51. The van der Waals surface area contributed by atoms with Crippen molar-refractivity contribution in [1.29, 1.82) is 0 Å². The van der Waals surface area contributed by atoms with Crippen molar-refractivity contribution >= 4 is 11.9 Å². The lowest BCUT2D eigenvalue weighted by atomic mass is 10.0. The molecule has 0 radical (unpaired) electrons. The molecular weight excluding hydrogens is 350 g/mol. The van der Waals surface area contributed by atoms with Crippen LogP contribution in [-0.4, -0.2) is 84.6 Å². The summed E-state index contributed by atoms with van der Waals surface area (Å²) in [6.07, 6.45) is 7.50. The highest BCUT2D eigenvalue weighted by atomic mass is 15.4. The maximum Gasteiger partial charge on any atom is 0.225 e. The molecule has 1 N–H and O–H groups in total. The van der Waals surface area contributed by atoms with Crippen LogP contribution in [0.15, 0.2) is 48.8 Å². The molecule has 0 spiro atoms. The van der Waals surface area contributed by atoms with Gasteiger partial charge in [0.15, 0.2) is 5.96 Å². The molecule has 1 unspecified atom stereocenters. The Morgan fingerprint density at radius 1 is 1.18 bits per heavy atom. The Hall–Kier alpha value is -2.41. The number of nitrogens with one attached hydrogen (secondary N) is 1. The van der Waals surface area contributed by atoms with E-state index in [1.807, 2.05) is 25.3 Å². The van der Waals surface area contributed by atoms with Crippen LogP contribution in [0.5, 0.6) is 0 Å². The number of piperazine rings is 1. The number of anilines is 1. The van der Waals surface area contributed by atoms with Crippen LogP contribution >= 0.6 is 0 Å². The summed E-state index contributed by atoms with van der Waals surface area (Å²) < 4.78 is 0. The van der Waals surface area contributed by atoms with Crippen molar-refractivity contribution in [2.24, 2.45) is 10.9 Å². The Balaban J connectivity index is 1.92. The molecule has 1 aliphatic rings. The number of aliphatic imine (C=N–C) groups is 1. The highest BCUT2D eigenvalue weighted by Gasteiger charge is 2.24. The number of aromatic nitrogens is 2. The minimum atomic E-state index is 0.381. The molecule has 1 fully saturated rings. The molecule has 1 aromatic rings. The van der Waals surface area contributed by atoms with Crippen molar-refractivity contribution in [3.8, 4) is 0 Å². The van der Waals surface area contributed by atoms with Gasteiger partial charge in [-0.2, -0.15) is 0 Å². The molecule has 0 saturated carbocycles. The lowest BCUT2D eigenvalue weighted by Gasteiger charge is -2.38. The molecule has 1 aliphatic heterocycles. The maximum absolute atomic E-state index is 4.51. The van der Waals surface area contributed by atoms with E-state index < -0.39 is 0 Å². The first kappa shape index (κ1) is 21.9. The Labute approximate surface area is 169 Å². The minimum Gasteiger partial charge on any atom is -0.355 e. The van der Waals surface area contributed by atoms with Gasteiger partial charge in [-0.15, -0.1) is 13.2 Å². The predicted octanol–water partition coefficient (Wildman–Crippen LogP) is 1.87. The van der Waals surface area contributed by atoms with Crippen LogP contribution in [0.4, 0.5) is 5.95 Å². The molecule has 0 bridgehead atoms. The molecule has 2 rings (SSSR count). The SMILES string of the molecule is C=CCN(CC=C)C(CNC(=NC)N1CCN(c2ncccn2)CC1)C(C)C. The van der Waals surface area contributed by atoms with Crippen molar-refractivity contribution in [1.82, 2.24) is 25.1 Å². The summed E-state index contributed by atoms with van der Waals surface area (Å²) in [6.45, 7) is 18.4. The fourth-order valence-electron chi connectivity index (χ4n) is 3.56. The lowest BCUT2D eigenvalue weighted by Crippen LogP contribution is -2.55. The van der Waals surface area contributed by atoms with Gasteiger partial charge in [0, 0.05) is 71.3 Å². The first-order chi connectivity index (χ1) is 13.6. The molecule has 0 aromatic carbocycles. The highest BCUT2D eigenvalue weighted by molar-refractivity contribution is 5.80. The Morgan fingerprint density at radius 3 is 2.29 bits per heavy atom. The van der Waals surface area contributed by atoms with Crippen LogP contribution in [0.1, 0.15) is 13.8 Å². The zero-order valence-electron chi connectivity index (χ0n) is 17.6. The predicted molar refractivity (Wildman–Crippen MR) is 118 cm³/mol. The molecule has 0 aliphatic carbocycles. The fourth-order valence-corrected chi connectivity index (χ4v) is 3.56. The zero-order valence-corrected chi connectivity index (χ0v) is 17.6. The minimum absolute atomic E-state index is 0.381. The van der Waals surface area contributed by atoms with Crippen molar-refractivity contribution in [2.45, 2.75) is 19.9 Å². The standard InChI is InChI=1S/C21H35N7/c1-6-11-26(12-7-2)19(18(3)4)17-25-20(22-5)27-13-15-28(16-14-27)21-23-9-8-10-24-21/h6-10,18-19H,1-2,11-17H2,3-5H3,(H,22,25). The molecule has 7 nitrogen and oxygen atoms in total. The number of nitrogens with zero attached hydrogens (tertiary/aromatic N) is 6. The average molecular weight is 386 g/mol. The summed E-state index contributed by atoms with van der Waals surface area (Å²) in [7, 11) is 1.85. The molecule has 1 atom stereocenters. The Bertz CT molecular complexity index is 611. The first-order valence-electron chi connectivity index (χ1n) is 10.0. The van der Waals surface area contributed by atoms with E-state index >= 15 is 0 Å². The van der Waals surface area contributed by atoms with E-state index in [4.69, 9.17) is 0 Å². The second-order valence-corrected chi connectivity index (χ2v) is 7.29. The summed E-state index contributed by atoms with van der Waals surface area (Å²) in [5.41, 5.74) is 0. The summed E-state index contributed by atoms with van der Waals surface area (Å²) >= 11 is 0. The normalized spacial score (nSPS) is 16.4. The van der Waals surface area contributed by atoms with E-state index in [0.29, 0.717) is 12.0 Å². The monoisotopic (exact) mass is 385 g/mol.